The van der Waals surface area contributed by atoms with Gasteiger partial charge in [-0.2, -0.15) is 0 Å². The summed E-state index contributed by atoms with van der Waals surface area (Å²) in [6.45, 7) is 4.05. The lowest BCUT2D eigenvalue weighted by Crippen LogP contribution is -2.15. The number of nitrogens with zero attached hydrogens (tertiary/aromatic N) is 2. The molecule has 142 valence electrons. The van der Waals surface area contributed by atoms with Crippen LogP contribution < -0.4 is 20.1 Å². The van der Waals surface area contributed by atoms with E-state index in [2.05, 4.69) is 20.6 Å². The number of hydrogen-bond donors (Lipinski definition) is 2. The van der Waals surface area contributed by atoms with Crippen LogP contribution in [0.4, 0.5) is 17.2 Å². The molecule has 1 aliphatic rings. The van der Waals surface area contributed by atoms with Gasteiger partial charge in [-0.3, -0.25) is 4.79 Å². The fourth-order valence-corrected chi connectivity index (χ4v) is 3.25. The molecule has 0 bridgehead atoms. The smallest absolute Gasteiger partial charge is 0.275 e. The van der Waals surface area contributed by atoms with Crippen molar-refractivity contribution in [1.82, 2.24) is 9.97 Å². The normalized spacial score (nSPS) is 12.0. The minimum Gasteiger partial charge on any atom is -0.454 e. The van der Waals surface area contributed by atoms with Crippen molar-refractivity contribution in [2.24, 2.45) is 0 Å². The number of amides is 1. The number of aromatic nitrogens is 2. The van der Waals surface area contributed by atoms with Crippen LogP contribution in [0, 0.1) is 13.8 Å². The minimum absolute atomic E-state index is 0.187. The molecule has 0 spiro atoms. The SMILES string of the molecule is Cc1cc(C)c(NC(=O)c2cnc(Nc3ccc4c(c3)OCO4)cn2)c(Cl)c1. The number of aryl methyl sites for hydroxylation is 2. The predicted octanol–water partition coefficient (Wildman–Crippen LogP) is 4.47. The lowest BCUT2D eigenvalue weighted by atomic mass is 10.1. The van der Waals surface area contributed by atoms with Crippen molar-refractivity contribution in [3.63, 3.8) is 0 Å². The van der Waals surface area contributed by atoms with Crippen LogP contribution in [0.2, 0.25) is 5.02 Å². The molecule has 2 N–H and O–H groups in total. The molecule has 8 heteroatoms. The summed E-state index contributed by atoms with van der Waals surface area (Å²) >= 11 is 6.24. The number of hydrogen-bond acceptors (Lipinski definition) is 6. The zero-order valence-corrected chi connectivity index (χ0v) is 16.0. The first-order chi connectivity index (χ1) is 13.5. The fourth-order valence-electron chi connectivity index (χ4n) is 2.88. The number of halogens is 1. The first-order valence-corrected chi connectivity index (χ1v) is 8.94. The fraction of sp³-hybridized carbons (Fsp3) is 0.150. The lowest BCUT2D eigenvalue weighted by Gasteiger charge is -2.11. The number of carbonyl (C=O) groups excluding carboxylic acids is 1. The van der Waals surface area contributed by atoms with Crippen molar-refractivity contribution in [3.05, 3.63) is 64.6 Å². The topological polar surface area (TPSA) is 85.4 Å². The summed E-state index contributed by atoms with van der Waals surface area (Å²) in [6.07, 6.45) is 2.89. The Balaban J connectivity index is 1.46. The standard InChI is InChI=1S/C20H17ClN4O3/c1-11-5-12(2)19(14(21)6-11)25-20(26)15-8-23-18(9-22-15)24-13-3-4-16-17(7-13)28-10-27-16/h3-9H,10H2,1-2H3,(H,23,24)(H,25,26). The number of rotatable bonds is 4. The largest absolute Gasteiger partial charge is 0.454 e. The maximum absolute atomic E-state index is 12.5. The molecule has 28 heavy (non-hydrogen) atoms. The van der Waals surface area contributed by atoms with Crippen LogP contribution in [-0.2, 0) is 0 Å². The van der Waals surface area contributed by atoms with Crippen molar-refractivity contribution in [2.45, 2.75) is 13.8 Å². The van der Waals surface area contributed by atoms with Gasteiger partial charge in [-0.05, 0) is 43.2 Å². The molecular formula is C20H17ClN4O3. The van der Waals surface area contributed by atoms with Crippen LogP contribution in [-0.4, -0.2) is 22.7 Å². The van der Waals surface area contributed by atoms with Crippen molar-refractivity contribution < 1.29 is 14.3 Å². The highest BCUT2D eigenvalue weighted by Crippen LogP contribution is 2.34. The lowest BCUT2D eigenvalue weighted by molar-refractivity contribution is 0.102. The third-order valence-electron chi connectivity index (χ3n) is 4.20. The Kier molecular flexibility index (Phi) is 4.75. The molecule has 0 radical (unpaired) electrons. The highest BCUT2D eigenvalue weighted by Gasteiger charge is 2.15. The van der Waals surface area contributed by atoms with Gasteiger partial charge >= 0.3 is 0 Å². The molecule has 0 aliphatic carbocycles. The molecule has 0 atom stereocenters. The Bertz CT molecular complexity index is 1030. The molecule has 1 aliphatic heterocycles. The van der Waals surface area contributed by atoms with E-state index in [1.807, 2.05) is 38.1 Å². The average molecular weight is 397 g/mol. The Labute approximate surface area is 166 Å². The Hall–Kier alpha value is -3.32. The number of benzene rings is 2. The monoisotopic (exact) mass is 396 g/mol. The van der Waals surface area contributed by atoms with Gasteiger partial charge in [-0.25, -0.2) is 9.97 Å². The van der Waals surface area contributed by atoms with Crippen LogP contribution in [0.1, 0.15) is 21.6 Å². The maximum Gasteiger partial charge on any atom is 0.275 e. The number of carbonyl (C=O) groups is 1. The van der Waals surface area contributed by atoms with E-state index in [-0.39, 0.29) is 18.4 Å². The molecule has 1 aromatic heterocycles. The van der Waals surface area contributed by atoms with Crippen molar-refractivity contribution in [3.8, 4) is 11.5 Å². The van der Waals surface area contributed by atoms with Crippen molar-refractivity contribution in [1.29, 1.82) is 0 Å². The zero-order valence-electron chi connectivity index (χ0n) is 15.2. The molecule has 0 fully saturated rings. The summed E-state index contributed by atoms with van der Waals surface area (Å²) in [4.78, 5) is 20.9. The Morgan fingerprint density at radius 2 is 1.89 bits per heavy atom. The van der Waals surface area contributed by atoms with Crippen LogP contribution in [0.3, 0.4) is 0 Å². The molecule has 0 saturated carbocycles. The van der Waals surface area contributed by atoms with Crippen molar-refractivity contribution >= 4 is 34.7 Å². The first kappa shape index (κ1) is 18.1. The predicted molar refractivity (Wildman–Crippen MR) is 107 cm³/mol. The van der Waals surface area contributed by atoms with Crippen LogP contribution in [0.15, 0.2) is 42.7 Å². The molecule has 4 rings (SSSR count). The van der Waals surface area contributed by atoms with E-state index < -0.39 is 0 Å². The zero-order chi connectivity index (χ0) is 19.7. The number of nitrogens with one attached hydrogen (secondary N) is 2. The van der Waals surface area contributed by atoms with Gasteiger partial charge in [0.25, 0.3) is 5.91 Å². The first-order valence-electron chi connectivity index (χ1n) is 8.56. The summed E-state index contributed by atoms with van der Waals surface area (Å²) in [6, 6.07) is 9.22. The van der Waals surface area contributed by atoms with Gasteiger partial charge in [0, 0.05) is 11.8 Å². The second-order valence-electron chi connectivity index (χ2n) is 6.37. The van der Waals surface area contributed by atoms with Gasteiger partial charge in [0.2, 0.25) is 6.79 Å². The quantitative estimate of drug-likeness (QED) is 0.676. The summed E-state index contributed by atoms with van der Waals surface area (Å²) in [5.74, 6) is 1.49. The van der Waals surface area contributed by atoms with Gasteiger partial charge < -0.3 is 20.1 Å². The Morgan fingerprint density at radius 3 is 2.64 bits per heavy atom. The van der Waals surface area contributed by atoms with Gasteiger partial charge in [0.1, 0.15) is 11.5 Å². The average Bonchev–Trinajstić information content (AvgIpc) is 3.13. The van der Waals surface area contributed by atoms with Crippen LogP contribution >= 0.6 is 11.6 Å². The number of fused-ring (bicyclic) bond motifs is 1. The van der Waals surface area contributed by atoms with E-state index in [0.29, 0.717) is 28.0 Å². The third kappa shape index (κ3) is 3.70. The second-order valence-corrected chi connectivity index (χ2v) is 6.78. The van der Waals surface area contributed by atoms with Gasteiger partial charge in [-0.1, -0.05) is 17.7 Å². The molecule has 7 nitrogen and oxygen atoms in total. The van der Waals surface area contributed by atoms with E-state index in [0.717, 1.165) is 16.8 Å². The number of ether oxygens (including phenoxy) is 2. The molecule has 2 aromatic carbocycles. The van der Waals surface area contributed by atoms with E-state index in [1.54, 1.807) is 6.07 Å². The van der Waals surface area contributed by atoms with Gasteiger partial charge in [-0.15, -0.1) is 0 Å². The second kappa shape index (κ2) is 7.36. The highest BCUT2D eigenvalue weighted by atomic mass is 35.5. The van der Waals surface area contributed by atoms with E-state index >= 15 is 0 Å². The number of anilines is 3. The molecule has 0 unspecified atom stereocenters. The van der Waals surface area contributed by atoms with E-state index in [1.165, 1.54) is 12.4 Å². The molecule has 3 aromatic rings. The Morgan fingerprint density at radius 1 is 1.07 bits per heavy atom. The van der Waals surface area contributed by atoms with Crippen molar-refractivity contribution in [2.75, 3.05) is 17.4 Å². The minimum atomic E-state index is -0.379. The summed E-state index contributed by atoms with van der Waals surface area (Å²) < 4.78 is 10.6. The summed E-state index contributed by atoms with van der Waals surface area (Å²) in [5, 5.41) is 6.39. The summed E-state index contributed by atoms with van der Waals surface area (Å²) in [5.41, 5.74) is 3.44. The van der Waals surface area contributed by atoms with Crippen LogP contribution in [0.5, 0.6) is 11.5 Å². The van der Waals surface area contributed by atoms with Gasteiger partial charge in [0.15, 0.2) is 11.5 Å². The molecule has 0 saturated heterocycles. The molecule has 2 heterocycles. The van der Waals surface area contributed by atoms with Crippen LogP contribution in [0.25, 0.3) is 0 Å². The molecular weight excluding hydrogens is 380 g/mol. The van der Waals surface area contributed by atoms with E-state index in [9.17, 15) is 4.79 Å². The highest BCUT2D eigenvalue weighted by molar-refractivity contribution is 6.34. The third-order valence-corrected chi connectivity index (χ3v) is 4.50. The van der Waals surface area contributed by atoms with Gasteiger partial charge in [0.05, 0.1) is 23.1 Å². The van der Waals surface area contributed by atoms with E-state index in [4.69, 9.17) is 21.1 Å². The summed E-state index contributed by atoms with van der Waals surface area (Å²) in [7, 11) is 0. The molecule has 1 amide bonds. The maximum atomic E-state index is 12.5.